The van der Waals surface area contributed by atoms with E-state index in [2.05, 4.69) is 27.8 Å². The minimum Gasteiger partial charge on any atom is -0.347 e. The molecule has 0 bridgehead atoms. The van der Waals surface area contributed by atoms with Crippen LogP contribution in [0.3, 0.4) is 0 Å². The van der Waals surface area contributed by atoms with Crippen LogP contribution in [-0.4, -0.2) is 12.5 Å². The number of carbonyl (C=O) groups is 1. The minimum atomic E-state index is -0.871. The Morgan fingerprint density at radius 1 is 1.44 bits per heavy atom. The summed E-state index contributed by atoms with van der Waals surface area (Å²) in [6.07, 6.45) is 0. The standard InChI is InChI=1S/C10H7BrClF2NO/c1-5(11)4-15-10(16)6-2-9(14)7(12)3-8(6)13/h2-3H,1,4H2,(H,15,16). The lowest BCUT2D eigenvalue weighted by Gasteiger charge is -2.05. The Bertz CT molecular complexity index is 451. The van der Waals surface area contributed by atoms with Crippen molar-refractivity contribution in [1.29, 1.82) is 0 Å². The van der Waals surface area contributed by atoms with Crippen LogP contribution >= 0.6 is 27.5 Å². The zero-order valence-corrected chi connectivity index (χ0v) is 10.3. The zero-order valence-electron chi connectivity index (χ0n) is 7.99. The second-order valence-electron chi connectivity index (χ2n) is 2.95. The molecule has 16 heavy (non-hydrogen) atoms. The molecule has 2 nitrogen and oxygen atoms in total. The molecule has 0 heterocycles. The van der Waals surface area contributed by atoms with Crippen molar-refractivity contribution in [2.24, 2.45) is 0 Å². The summed E-state index contributed by atoms with van der Waals surface area (Å²) in [5.41, 5.74) is -0.393. The van der Waals surface area contributed by atoms with Gasteiger partial charge >= 0.3 is 0 Å². The molecule has 0 fully saturated rings. The molecule has 0 spiro atoms. The van der Waals surface area contributed by atoms with E-state index in [1.54, 1.807) is 0 Å². The van der Waals surface area contributed by atoms with Crippen LogP contribution in [0.4, 0.5) is 8.78 Å². The third kappa shape index (κ3) is 3.28. The van der Waals surface area contributed by atoms with Gasteiger partial charge in [-0.2, -0.15) is 0 Å². The van der Waals surface area contributed by atoms with Gasteiger partial charge in [-0.05, 0) is 12.1 Å². The minimum absolute atomic E-state index is 0.127. The molecule has 0 unspecified atom stereocenters. The Hall–Kier alpha value is -0.940. The molecule has 0 aliphatic heterocycles. The number of benzene rings is 1. The Morgan fingerprint density at radius 3 is 2.62 bits per heavy atom. The lowest BCUT2D eigenvalue weighted by molar-refractivity contribution is 0.0953. The van der Waals surface area contributed by atoms with E-state index in [0.717, 1.165) is 12.1 Å². The summed E-state index contributed by atoms with van der Waals surface area (Å²) in [7, 11) is 0. The van der Waals surface area contributed by atoms with Gasteiger partial charge in [0.25, 0.3) is 5.91 Å². The third-order valence-electron chi connectivity index (χ3n) is 1.70. The first-order chi connectivity index (χ1) is 7.41. The molecule has 0 saturated heterocycles. The highest BCUT2D eigenvalue weighted by Gasteiger charge is 2.14. The molecule has 1 N–H and O–H groups in total. The van der Waals surface area contributed by atoms with Gasteiger partial charge in [0.2, 0.25) is 0 Å². The average Bonchev–Trinajstić information content (AvgIpc) is 2.20. The molecule has 0 saturated carbocycles. The molecule has 0 atom stereocenters. The SMILES string of the molecule is C=C(Br)CNC(=O)c1cc(F)c(Cl)cc1F. The van der Waals surface area contributed by atoms with Crippen LogP contribution in [0.25, 0.3) is 0 Å². The maximum atomic E-state index is 13.3. The van der Waals surface area contributed by atoms with Gasteiger partial charge in [0.05, 0.1) is 10.6 Å². The zero-order chi connectivity index (χ0) is 12.3. The van der Waals surface area contributed by atoms with Crippen molar-refractivity contribution in [3.63, 3.8) is 0 Å². The van der Waals surface area contributed by atoms with E-state index in [-0.39, 0.29) is 11.6 Å². The fraction of sp³-hybridized carbons (Fsp3) is 0.100. The third-order valence-corrected chi connectivity index (χ3v) is 2.27. The van der Waals surface area contributed by atoms with Gasteiger partial charge in [-0.1, -0.05) is 34.1 Å². The van der Waals surface area contributed by atoms with Crippen molar-refractivity contribution < 1.29 is 13.6 Å². The van der Waals surface area contributed by atoms with E-state index < -0.39 is 23.1 Å². The fourth-order valence-electron chi connectivity index (χ4n) is 0.968. The summed E-state index contributed by atoms with van der Waals surface area (Å²) in [6.45, 7) is 3.62. The van der Waals surface area contributed by atoms with Crippen molar-refractivity contribution in [3.05, 3.63) is 45.4 Å². The largest absolute Gasteiger partial charge is 0.347 e. The van der Waals surface area contributed by atoms with Gasteiger partial charge in [0.1, 0.15) is 11.6 Å². The summed E-state index contributed by atoms with van der Waals surface area (Å²) < 4.78 is 26.8. The van der Waals surface area contributed by atoms with Crippen LogP contribution in [0.1, 0.15) is 10.4 Å². The smallest absolute Gasteiger partial charge is 0.254 e. The van der Waals surface area contributed by atoms with Gasteiger partial charge < -0.3 is 5.32 Å². The second kappa shape index (κ2) is 5.41. The number of hydrogen-bond acceptors (Lipinski definition) is 1. The quantitative estimate of drug-likeness (QED) is 0.853. The van der Waals surface area contributed by atoms with E-state index in [9.17, 15) is 13.6 Å². The first-order valence-electron chi connectivity index (χ1n) is 4.18. The second-order valence-corrected chi connectivity index (χ2v) is 4.47. The Balaban J connectivity index is 2.91. The number of nitrogens with one attached hydrogen (secondary N) is 1. The van der Waals surface area contributed by atoms with E-state index in [4.69, 9.17) is 11.6 Å². The molecule has 0 radical (unpaired) electrons. The summed E-state index contributed by atoms with van der Waals surface area (Å²) in [5.74, 6) is -2.44. The molecule has 1 amide bonds. The van der Waals surface area contributed by atoms with Crippen molar-refractivity contribution in [1.82, 2.24) is 5.32 Å². The fourth-order valence-corrected chi connectivity index (χ4v) is 1.26. The summed E-state index contributed by atoms with van der Waals surface area (Å²) in [4.78, 5) is 11.4. The van der Waals surface area contributed by atoms with E-state index >= 15 is 0 Å². The van der Waals surface area contributed by atoms with Crippen LogP contribution in [0.15, 0.2) is 23.2 Å². The number of carbonyl (C=O) groups excluding carboxylic acids is 1. The Morgan fingerprint density at radius 2 is 2.06 bits per heavy atom. The predicted octanol–water partition coefficient (Wildman–Crippen LogP) is 3.26. The Kier molecular flexibility index (Phi) is 4.44. The Labute approximate surface area is 104 Å². The van der Waals surface area contributed by atoms with Crippen molar-refractivity contribution >= 4 is 33.4 Å². The van der Waals surface area contributed by atoms with E-state index in [0.29, 0.717) is 4.48 Å². The maximum absolute atomic E-state index is 13.3. The van der Waals surface area contributed by atoms with Gasteiger partial charge in [-0.3, -0.25) is 4.79 Å². The number of rotatable bonds is 3. The molecule has 86 valence electrons. The van der Waals surface area contributed by atoms with E-state index in [1.807, 2.05) is 0 Å². The van der Waals surface area contributed by atoms with E-state index in [1.165, 1.54) is 0 Å². The molecular weight excluding hydrogens is 303 g/mol. The van der Waals surface area contributed by atoms with Crippen molar-refractivity contribution in [3.8, 4) is 0 Å². The molecule has 6 heteroatoms. The van der Waals surface area contributed by atoms with Gasteiger partial charge in [-0.15, -0.1) is 0 Å². The molecular formula is C10H7BrClF2NO. The first-order valence-corrected chi connectivity index (χ1v) is 5.35. The highest BCUT2D eigenvalue weighted by Crippen LogP contribution is 2.19. The normalized spacial score (nSPS) is 10.0. The van der Waals surface area contributed by atoms with Crippen LogP contribution in [0, 0.1) is 11.6 Å². The average molecular weight is 311 g/mol. The van der Waals surface area contributed by atoms with Crippen LogP contribution in [0.5, 0.6) is 0 Å². The lowest BCUT2D eigenvalue weighted by atomic mass is 10.2. The summed E-state index contributed by atoms with van der Waals surface area (Å²) >= 11 is 8.37. The topological polar surface area (TPSA) is 29.1 Å². The van der Waals surface area contributed by atoms with Gasteiger partial charge in [0, 0.05) is 11.0 Å². The van der Waals surface area contributed by atoms with Crippen molar-refractivity contribution in [2.45, 2.75) is 0 Å². The van der Waals surface area contributed by atoms with Gasteiger partial charge in [0.15, 0.2) is 0 Å². The monoisotopic (exact) mass is 309 g/mol. The molecule has 0 aliphatic rings. The van der Waals surface area contributed by atoms with Crippen LogP contribution < -0.4 is 5.32 Å². The summed E-state index contributed by atoms with van der Waals surface area (Å²) in [5, 5.41) is 1.99. The lowest BCUT2D eigenvalue weighted by Crippen LogP contribution is -2.25. The highest BCUT2D eigenvalue weighted by atomic mass is 79.9. The van der Waals surface area contributed by atoms with Crippen LogP contribution in [-0.2, 0) is 0 Å². The summed E-state index contributed by atoms with van der Waals surface area (Å²) in [6, 6.07) is 1.51. The first kappa shape index (κ1) is 13.1. The number of hydrogen-bond donors (Lipinski definition) is 1. The predicted molar refractivity (Wildman–Crippen MR) is 61.8 cm³/mol. The molecule has 1 rings (SSSR count). The maximum Gasteiger partial charge on any atom is 0.254 e. The van der Waals surface area contributed by atoms with Gasteiger partial charge in [-0.25, -0.2) is 8.78 Å². The molecule has 1 aromatic carbocycles. The number of halogens is 4. The van der Waals surface area contributed by atoms with Crippen molar-refractivity contribution in [2.75, 3.05) is 6.54 Å². The number of amides is 1. The molecule has 0 aromatic heterocycles. The molecule has 0 aliphatic carbocycles. The van der Waals surface area contributed by atoms with Crippen LogP contribution in [0.2, 0.25) is 5.02 Å². The highest BCUT2D eigenvalue weighted by molar-refractivity contribution is 9.11. The molecule has 1 aromatic rings.